The summed E-state index contributed by atoms with van der Waals surface area (Å²) in [5.74, 6) is -2.29. The van der Waals surface area contributed by atoms with Crippen molar-refractivity contribution >= 4 is 17.7 Å². The number of carboxylic acids is 1. The first-order valence-electron chi connectivity index (χ1n) is 9.59. The number of rotatable bonds is 1. The van der Waals surface area contributed by atoms with Gasteiger partial charge >= 0.3 is 12.1 Å². The van der Waals surface area contributed by atoms with Gasteiger partial charge in [-0.2, -0.15) is 0 Å². The maximum atomic E-state index is 12.6. The summed E-state index contributed by atoms with van der Waals surface area (Å²) in [6.07, 6.45) is 0.652. The first kappa shape index (κ1) is 19.8. The number of aromatic nitrogens is 1. The molecule has 9 nitrogen and oxygen atoms in total. The van der Waals surface area contributed by atoms with Crippen LogP contribution in [-0.2, 0) is 17.6 Å². The molecule has 4 rings (SSSR count). The van der Waals surface area contributed by atoms with Gasteiger partial charge in [-0.25, -0.2) is 9.59 Å². The third kappa shape index (κ3) is 3.16. The second-order valence-corrected chi connectivity index (χ2v) is 8.26. The largest absolute Gasteiger partial charge is 0.503 e. The molecule has 2 aliphatic rings. The van der Waals surface area contributed by atoms with Crippen LogP contribution in [0.1, 0.15) is 42.3 Å². The fourth-order valence-electron chi connectivity index (χ4n) is 3.94. The van der Waals surface area contributed by atoms with Gasteiger partial charge in [0, 0.05) is 18.5 Å². The maximum absolute atomic E-state index is 12.6. The number of carboxylic acid groups (broad SMARTS) is 1. The van der Waals surface area contributed by atoms with Gasteiger partial charge in [-0.05, 0) is 44.4 Å². The molecule has 0 unspecified atom stereocenters. The molecule has 30 heavy (non-hydrogen) atoms. The van der Waals surface area contributed by atoms with Gasteiger partial charge in [-0.15, -0.1) is 0 Å². The number of hydrogen-bond donors (Lipinski definition) is 3. The predicted molar refractivity (Wildman–Crippen MR) is 108 cm³/mol. The number of carbonyl (C=O) groups is 2. The van der Waals surface area contributed by atoms with Crippen molar-refractivity contribution in [3.63, 3.8) is 0 Å². The Labute approximate surface area is 171 Å². The number of hydrogen-bond acceptors (Lipinski definition) is 6. The quantitative estimate of drug-likeness (QED) is 0.654. The van der Waals surface area contributed by atoms with Crippen molar-refractivity contribution in [2.45, 2.75) is 39.2 Å². The van der Waals surface area contributed by atoms with E-state index in [1.165, 1.54) is 0 Å². The number of carbonyl (C=O) groups excluding carboxylic acids is 1. The molecule has 3 heterocycles. The van der Waals surface area contributed by atoms with Gasteiger partial charge in [0.15, 0.2) is 17.1 Å². The van der Waals surface area contributed by atoms with Gasteiger partial charge in [0.25, 0.3) is 5.56 Å². The highest BCUT2D eigenvalue weighted by atomic mass is 16.6. The van der Waals surface area contributed by atoms with Gasteiger partial charge < -0.3 is 24.7 Å². The molecule has 0 fully saturated rings. The van der Waals surface area contributed by atoms with Gasteiger partial charge in [0.1, 0.15) is 5.60 Å². The van der Waals surface area contributed by atoms with E-state index in [1.54, 1.807) is 37.8 Å². The molecule has 0 radical (unpaired) electrons. The molecule has 0 atom stereocenters. The molecule has 0 aliphatic carbocycles. The molecule has 1 aromatic heterocycles. The van der Waals surface area contributed by atoms with E-state index in [0.29, 0.717) is 24.9 Å². The van der Waals surface area contributed by atoms with Crippen LogP contribution in [0, 0.1) is 0 Å². The van der Waals surface area contributed by atoms with Crippen molar-refractivity contribution < 1.29 is 29.3 Å². The zero-order chi connectivity index (χ0) is 21.8. The molecular weight excluding hydrogens is 392 g/mol. The van der Waals surface area contributed by atoms with Crippen LogP contribution >= 0.6 is 0 Å². The van der Waals surface area contributed by atoms with Crippen LogP contribution in [0.15, 0.2) is 16.9 Å². The molecule has 0 spiro atoms. The van der Waals surface area contributed by atoms with E-state index >= 15 is 0 Å². The van der Waals surface area contributed by atoms with Gasteiger partial charge in [0.2, 0.25) is 0 Å². The number of nitrogens with zero attached hydrogens (tertiary/aromatic N) is 1. The summed E-state index contributed by atoms with van der Waals surface area (Å²) in [6.45, 7) is 6.07. The summed E-state index contributed by atoms with van der Waals surface area (Å²) < 4.78 is 11.1. The van der Waals surface area contributed by atoms with E-state index < -0.39 is 34.5 Å². The van der Waals surface area contributed by atoms with Crippen LogP contribution in [0.25, 0.3) is 11.3 Å². The van der Waals surface area contributed by atoms with E-state index in [2.05, 4.69) is 4.98 Å². The number of benzene rings is 1. The number of aromatic carboxylic acids is 1. The van der Waals surface area contributed by atoms with Crippen molar-refractivity contribution in [1.29, 1.82) is 0 Å². The molecule has 2 aliphatic heterocycles. The van der Waals surface area contributed by atoms with Crippen LogP contribution < -0.4 is 15.2 Å². The molecule has 3 N–H and O–H groups in total. The standard InChI is InChI=1S/C21H22N2O7/c1-21(2,3)30-20(28)23-8-6-11-10-7-9-29-17-15(12(10)4-5-13(11)23)22-18(25)14(16(17)24)19(26)27/h4-5H,6-9H2,1-3H3,(H,26,27)(H2,22,24,25). The third-order valence-electron chi connectivity index (χ3n) is 5.12. The number of pyridine rings is 1. The van der Waals surface area contributed by atoms with Crippen molar-refractivity contribution in [3.8, 4) is 22.8 Å². The second-order valence-electron chi connectivity index (χ2n) is 8.26. The molecule has 0 saturated heterocycles. The minimum atomic E-state index is -1.54. The molecule has 1 amide bonds. The Hall–Kier alpha value is -3.49. The highest BCUT2D eigenvalue weighted by Crippen LogP contribution is 2.44. The number of aromatic amines is 1. The average molecular weight is 414 g/mol. The minimum absolute atomic E-state index is 0.0623. The van der Waals surface area contributed by atoms with E-state index in [4.69, 9.17) is 9.47 Å². The minimum Gasteiger partial charge on any atom is -0.503 e. The van der Waals surface area contributed by atoms with Gasteiger partial charge in [0.05, 0.1) is 18.0 Å². The summed E-state index contributed by atoms with van der Waals surface area (Å²) in [5.41, 5.74) is 1.15. The van der Waals surface area contributed by atoms with E-state index in [1.807, 2.05) is 0 Å². The maximum Gasteiger partial charge on any atom is 0.414 e. The van der Waals surface area contributed by atoms with Crippen LogP contribution in [0.3, 0.4) is 0 Å². The van der Waals surface area contributed by atoms with Crippen LogP contribution in [0.4, 0.5) is 10.5 Å². The summed E-state index contributed by atoms with van der Waals surface area (Å²) >= 11 is 0. The Morgan fingerprint density at radius 3 is 2.60 bits per heavy atom. The van der Waals surface area contributed by atoms with Crippen molar-refractivity contribution in [2.24, 2.45) is 0 Å². The smallest absolute Gasteiger partial charge is 0.414 e. The summed E-state index contributed by atoms with van der Waals surface area (Å²) in [6, 6.07) is 3.50. The third-order valence-corrected chi connectivity index (χ3v) is 5.12. The molecule has 2 aromatic rings. The lowest BCUT2D eigenvalue weighted by molar-refractivity contribution is 0.0583. The summed E-state index contributed by atoms with van der Waals surface area (Å²) in [4.78, 5) is 40.3. The molecule has 0 saturated carbocycles. The van der Waals surface area contributed by atoms with E-state index in [-0.39, 0.29) is 18.1 Å². The van der Waals surface area contributed by atoms with Crippen LogP contribution in [0.5, 0.6) is 11.5 Å². The Morgan fingerprint density at radius 1 is 1.20 bits per heavy atom. The predicted octanol–water partition coefficient (Wildman–Crippen LogP) is 2.68. The number of ether oxygens (including phenoxy) is 2. The highest BCUT2D eigenvalue weighted by Gasteiger charge is 2.33. The second kappa shape index (κ2) is 6.79. The fraction of sp³-hybridized carbons (Fsp3) is 0.381. The highest BCUT2D eigenvalue weighted by molar-refractivity contribution is 5.94. The molecule has 0 bridgehead atoms. The van der Waals surface area contributed by atoms with Crippen molar-refractivity contribution in [2.75, 3.05) is 18.1 Å². The zero-order valence-corrected chi connectivity index (χ0v) is 16.9. The lowest BCUT2D eigenvalue weighted by Gasteiger charge is -2.25. The Kier molecular flexibility index (Phi) is 4.48. The van der Waals surface area contributed by atoms with Crippen LogP contribution in [0.2, 0.25) is 0 Å². The Morgan fingerprint density at radius 2 is 1.93 bits per heavy atom. The molecule has 1 aromatic carbocycles. The Balaban J connectivity index is 1.83. The SMILES string of the molecule is CC(C)(C)OC(=O)N1CCc2c1ccc1c2CCOc2c-1[nH]c(=O)c(C(=O)O)c2O. The fourth-order valence-corrected chi connectivity index (χ4v) is 3.94. The average Bonchev–Trinajstić information content (AvgIpc) is 2.97. The zero-order valence-electron chi connectivity index (χ0n) is 16.9. The normalized spacial score (nSPS) is 14.8. The molecule has 158 valence electrons. The molecule has 9 heteroatoms. The number of fused-ring (bicyclic) bond motifs is 5. The van der Waals surface area contributed by atoms with Crippen molar-refractivity contribution in [3.05, 3.63) is 39.2 Å². The number of nitrogens with one attached hydrogen (secondary N) is 1. The number of aromatic hydroxyl groups is 1. The van der Waals surface area contributed by atoms with Gasteiger partial charge in [-0.3, -0.25) is 9.69 Å². The van der Waals surface area contributed by atoms with Crippen molar-refractivity contribution in [1.82, 2.24) is 4.98 Å². The molecular formula is C21H22N2O7. The summed E-state index contributed by atoms with van der Waals surface area (Å²) in [7, 11) is 0. The first-order chi connectivity index (χ1) is 14.1. The lowest BCUT2D eigenvalue weighted by Crippen LogP contribution is -2.35. The number of amides is 1. The first-order valence-corrected chi connectivity index (χ1v) is 9.59. The van der Waals surface area contributed by atoms with E-state index in [9.17, 15) is 24.6 Å². The Bertz CT molecular complexity index is 1130. The number of anilines is 1. The topological polar surface area (TPSA) is 129 Å². The van der Waals surface area contributed by atoms with Crippen LogP contribution in [-0.4, -0.2) is 46.0 Å². The monoisotopic (exact) mass is 414 g/mol. The number of H-pyrrole nitrogens is 1. The van der Waals surface area contributed by atoms with Gasteiger partial charge in [-0.1, -0.05) is 6.07 Å². The summed E-state index contributed by atoms with van der Waals surface area (Å²) in [5, 5.41) is 19.6. The van der Waals surface area contributed by atoms with E-state index in [0.717, 1.165) is 16.8 Å². The lowest BCUT2D eigenvalue weighted by atomic mass is 9.94.